The minimum atomic E-state index is -1.06. The second-order valence-electron chi connectivity index (χ2n) is 3.91. The fraction of sp³-hybridized carbons (Fsp3) is 0.167. The van der Waals surface area contributed by atoms with Crippen LogP contribution in [0.15, 0.2) is 18.2 Å². The second-order valence-corrected chi connectivity index (χ2v) is 3.91. The highest BCUT2D eigenvalue weighted by molar-refractivity contribution is 6.04. The topological polar surface area (TPSA) is 57.8 Å². The number of H-pyrrole nitrogens is 1. The van der Waals surface area contributed by atoms with E-state index in [1.54, 1.807) is 6.92 Å². The van der Waals surface area contributed by atoms with Gasteiger partial charge in [-0.25, -0.2) is 8.78 Å². The van der Waals surface area contributed by atoms with E-state index in [1.807, 2.05) is 6.92 Å². The highest BCUT2D eigenvalue weighted by atomic mass is 19.2. The molecule has 6 heteroatoms. The van der Waals surface area contributed by atoms with E-state index in [2.05, 4.69) is 15.5 Å². The average molecular weight is 251 g/mol. The van der Waals surface area contributed by atoms with E-state index in [9.17, 15) is 13.6 Å². The van der Waals surface area contributed by atoms with Crippen LogP contribution < -0.4 is 5.32 Å². The Bertz CT molecular complexity index is 607. The van der Waals surface area contributed by atoms with Crippen LogP contribution in [0.1, 0.15) is 21.6 Å². The first-order valence-corrected chi connectivity index (χ1v) is 5.27. The molecule has 2 rings (SSSR count). The number of aromatic amines is 1. The average Bonchev–Trinajstić information content (AvgIpc) is 2.64. The Morgan fingerprint density at radius 3 is 2.56 bits per heavy atom. The number of anilines is 1. The number of aryl methyl sites for hydroxylation is 1. The second kappa shape index (κ2) is 4.56. The molecule has 0 spiro atoms. The molecule has 0 aliphatic rings. The van der Waals surface area contributed by atoms with E-state index in [4.69, 9.17) is 0 Å². The van der Waals surface area contributed by atoms with Crippen molar-refractivity contribution in [1.29, 1.82) is 0 Å². The smallest absolute Gasteiger partial charge is 0.256 e. The standard InChI is InChI=1S/C12H11F2N3O/c1-6-7(2)16-17-11(6)15-12(18)8-3-4-9(13)10(14)5-8/h3-5H,1-2H3,(H2,15,16,17,18). The molecule has 0 radical (unpaired) electrons. The van der Waals surface area contributed by atoms with Gasteiger partial charge in [-0.15, -0.1) is 0 Å². The van der Waals surface area contributed by atoms with Gasteiger partial charge in [0.05, 0.1) is 0 Å². The van der Waals surface area contributed by atoms with Gasteiger partial charge in [-0.3, -0.25) is 9.89 Å². The van der Waals surface area contributed by atoms with Crippen LogP contribution in [0, 0.1) is 25.5 Å². The molecule has 94 valence electrons. The van der Waals surface area contributed by atoms with Gasteiger partial charge in [-0.05, 0) is 32.0 Å². The predicted octanol–water partition coefficient (Wildman–Crippen LogP) is 2.56. The van der Waals surface area contributed by atoms with Crippen molar-refractivity contribution in [2.45, 2.75) is 13.8 Å². The number of benzene rings is 1. The number of halogens is 2. The van der Waals surface area contributed by atoms with Crippen molar-refractivity contribution in [3.8, 4) is 0 Å². The van der Waals surface area contributed by atoms with Crippen molar-refractivity contribution >= 4 is 11.7 Å². The largest absolute Gasteiger partial charge is 0.305 e. The fourth-order valence-electron chi connectivity index (χ4n) is 1.42. The lowest BCUT2D eigenvalue weighted by Gasteiger charge is -2.03. The molecular formula is C12H11F2N3O. The van der Waals surface area contributed by atoms with Crippen LogP contribution in [0.2, 0.25) is 0 Å². The van der Waals surface area contributed by atoms with Crippen molar-refractivity contribution in [3.63, 3.8) is 0 Å². The van der Waals surface area contributed by atoms with Crippen molar-refractivity contribution in [3.05, 3.63) is 46.7 Å². The quantitative estimate of drug-likeness (QED) is 0.861. The summed E-state index contributed by atoms with van der Waals surface area (Å²) in [6, 6.07) is 2.97. The van der Waals surface area contributed by atoms with Gasteiger partial charge < -0.3 is 5.32 Å². The summed E-state index contributed by atoms with van der Waals surface area (Å²) < 4.78 is 25.7. The van der Waals surface area contributed by atoms with Crippen LogP contribution in [0.4, 0.5) is 14.6 Å². The zero-order chi connectivity index (χ0) is 13.3. The molecule has 0 saturated heterocycles. The van der Waals surface area contributed by atoms with Crippen molar-refractivity contribution in [2.75, 3.05) is 5.32 Å². The molecule has 1 heterocycles. The normalized spacial score (nSPS) is 10.4. The Labute approximate surface area is 102 Å². The summed E-state index contributed by atoms with van der Waals surface area (Å²) in [4.78, 5) is 11.8. The van der Waals surface area contributed by atoms with Gasteiger partial charge in [0, 0.05) is 16.8 Å². The van der Waals surface area contributed by atoms with Crippen LogP contribution in [-0.4, -0.2) is 16.1 Å². The van der Waals surface area contributed by atoms with E-state index in [0.29, 0.717) is 5.82 Å². The summed E-state index contributed by atoms with van der Waals surface area (Å²) in [6.45, 7) is 3.61. The molecule has 0 aliphatic carbocycles. The van der Waals surface area contributed by atoms with E-state index in [0.717, 1.165) is 23.4 Å². The van der Waals surface area contributed by atoms with Crippen LogP contribution in [-0.2, 0) is 0 Å². The third kappa shape index (κ3) is 2.22. The first-order chi connectivity index (χ1) is 8.49. The Morgan fingerprint density at radius 2 is 2.00 bits per heavy atom. The molecule has 2 N–H and O–H groups in total. The van der Waals surface area contributed by atoms with Crippen LogP contribution in [0.5, 0.6) is 0 Å². The molecule has 2 aromatic rings. The Kier molecular flexibility index (Phi) is 3.10. The lowest BCUT2D eigenvalue weighted by atomic mass is 10.2. The SMILES string of the molecule is Cc1[nH]nc(NC(=O)c2ccc(F)c(F)c2)c1C. The molecule has 0 saturated carbocycles. The zero-order valence-corrected chi connectivity index (χ0v) is 9.84. The molecule has 1 aromatic heterocycles. The maximum absolute atomic E-state index is 13.0. The minimum absolute atomic E-state index is 0.0361. The van der Waals surface area contributed by atoms with Gasteiger partial charge in [0.25, 0.3) is 5.91 Å². The summed E-state index contributed by atoms with van der Waals surface area (Å²) in [5, 5.41) is 9.14. The third-order valence-electron chi connectivity index (χ3n) is 2.67. The van der Waals surface area contributed by atoms with Gasteiger partial charge >= 0.3 is 0 Å². The summed E-state index contributed by atoms with van der Waals surface area (Å²) in [6.07, 6.45) is 0. The van der Waals surface area contributed by atoms with Gasteiger partial charge in [0.15, 0.2) is 17.5 Å². The monoisotopic (exact) mass is 251 g/mol. The fourth-order valence-corrected chi connectivity index (χ4v) is 1.42. The minimum Gasteiger partial charge on any atom is -0.305 e. The van der Waals surface area contributed by atoms with Crippen molar-refractivity contribution in [2.24, 2.45) is 0 Å². The Morgan fingerprint density at radius 1 is 1.28 bits per heavy atom. The van der Waals surface area contributed by atoms with Crippen LogP contribution in [0.3, 0.4) is 0 Å². The number of aromatic nitrogens is 2. The molecule has 0 bridgehead atoms. The van der Waals surface area contributed by atoms with Crippen LogP contribution >= 0.6 is 0 Å². The molecule has 18 heavy (non-hydrogen) atoms. The van der Waals surface area contributed by atoms with Crippen LogP contribution in [0.25, 0.3) is 0 Å². The first-order valence-electron chi connectivity index (χ1n) is 5.27. The maximum Gasteiger partial charge on any atom is 0.256 e. The molecule has 0 atom stereocenters. The third-order valence-corrected chi connectivity index (χ3v) is 2.67. The Balaban J connectivity index is 2.22. The number of carbonyl (C=O) groups excluding carboxylic acids is 1. The highest BCUT2D eigenvalue weighted by Gasteiger charge is 2.13. The van der Waals surface area contributed by atoms with E-state index >= 15 is 0 Å². The molecular weight excluding hydrogens is 240 g/mol. The molecule has 4 nitrogen and oxygen atoms in total. The number of carbonyl (C=O) groups is 1. The summed E-state index contributed by atoms with van der Waals surface area (Å²) >= 11 is 0. The lowest BCUT2D eigenvalue weighted by molar-refractivity contribution is 0.102. The molecule has 1 amide bonds. The number of hydrogen-bond acceptors (Lipinski definition) is 2. The van der Waals surface area contributed by atoms with Gasteiger partial charge in [0.2, 0.25) is 0 Å². The molecule has 0 aliphatic heterocycles. The number of nitrogens with zero attached hydrogens (tertiary/aromatic N) is 1. The lowest BCUT2D eigenvalue weighted by Crippen LogP contribution is -2.13. The summed E-state index contributed by atoms with van der Waals surface area (Å²) in [7, 11) is 0. The van der Waals surface area contributed by atoms with E-state index in [-0.39, 0.29) is 5.56 Å². The predicted molar refractivity (Wildman–Crippen MR) is 62.4 cm³/mol. The zero-order valence-electron chi connectivity index (χ0n) is 9.84. The number of amides is 1. The van der Waals surface area contributed by atoms with Gasteiger partial charge in [-0.1, -0.05) is 0 Å². The van der Waals surface area contributed by atoms with Gasteiger partial charge in [-0.2, -0.15) is 5.10 Å². The van der Waals surface area contributed by atoms with E-state index in [1.165, 1.54) is 6.07 Å². The molecule has 1 aromatic carbocycles. The Hall–Kier alpha value is -2.24. The summed E-state index contributed by atoms with van der Waals surface area (Å²) in [5.74, 6) is -2.21. The number of nitrogens with one attached hydrogen (secondary N) is 2. The van der Waals surface area contributed by atoms with Crippen molar-refractivity contribution < 1.29 is 13.6 Å². The molecule has 0 unspecified atom stereocenters. The number of rotatable bonds is 2. The highest BCUT2D eigenvalue weighted by Crippen LogP contribution is 2.16. The summed E-state index contributed by atoms with van der Waals surface area (Å²) in [5.41, 5.74) is 1.66. The number of hydrogen-bond donors (Lipinski definition) is 2. The van der Waals surface area contributed by atoms with Gasteiger partial charge in [0.1, 0.15) is 0 Å². The first kappa shape index (κ1) is 12.2. The molecule has 0 fully saturated rings. The maximum atomic E-state index is 13.0. The van der Waals surface area contributed by atoms with E-state index < -0.39 is 17.5 Å². The van der Waals surface area contributed by atoms with Crippen molar-refractivity contribution in [1.82, 2.24) is 10.2 Å².